The molecule has 0 saturated heterocycles. The number of benzene rings is 1. The molecule has 4 heteroatoms. The topological polar surface area (TPSA) is 39.7 Å². The van der Waals surface area contributed by atoms with Crippen LogP contribution in [0.15, 0.2) is 17.7 Å². The van der Waals surface area contributed by atoms with Crippen LogP contribution in [0.5, 0.6) is 17.2 Å². The average molecular weight is 279 g/mol. The van der Waals surface area contributed by atoms with Gasteiger partial charge < -0.3 is 19.5 Å². The van der Waals surface area contributed by atoms with E-state index in [2.05, 4.69) is 25.2 Å². The number of rotatable bonds is 7. The summed E-state index contributed by atoms with van der Waals surface area (Å²) in [5.41, 5.74) is 2.23. The maximum absolute atomic E-state index is 5.46. The van der Waals surface area contributed by atoms with E-state index in [1.165, 1.54) is 5.57 Å². The molecular formula is C16H25NO3. The first-order valence-corrected chi connectivity index (χ1v) is 6.72. The van der Waals surface area contributed by atoms with Crippen molar-refractivity contribution in [1.29, 1.82) is 0 Å². The van der Waals surface area contributed by atoms with Crippen LogP contribution in [0.3, 0.4) is 0 Å². The average Bonchev–Trinajstić information content (AvgIpc) is 2.46. The van der Waals surface area contributed by atoms with E-state index in [1.807, 2.05) is 19.2 Å². The van der Waals surface area contributed by atoms with E-state index in [0.717, 1.165) is 29.4 Å². The molecule has 0 bridgehead atoms. The molecule has 112 valence electrons. The Hall–Kier alpha value is -1.68. The first kappa shape index (κ1) is 16.4. The van der Waals surface area contributed by atoms with Crippen molar-refractivity contribution in [2.24, 2.45) is 5.92 Å². The highest BCUT2D eigenvalue weighted by Crippen LogP contribution is 2.36. The van der Waals surface area contributed by atoms with Crippen molar-refractivity contribution in [3.8, 4) is 17.2 Å². The Bertz CT molecular complexity index is 442. The molecule has 0 aliphatic heterocycles. The quantitative estimate of drug-likeness (QED) is 0.833. The van der Waals surface area contributed by atoms with Crippen molar-refractivity contribution >= 4 is 6.08 Å². The fourth-order valence-corrected chi connectivity index (χ4v) is 1.99. The highest BCUT2D eigenvalue weighted by molar-refractivity contribution is 5.68. The number of nitrogens with one attached hydrogen (secondary N) is 1. The van der Waals surface area contributed by atoms with Crippen molar-refractivity contribution in [2.75, 3.05) is 34.9 Å². The second kappa shape index (κ2) is 7.80. The molecule has 0 aromatic heterocycles. The highest BCUT2D eigenvalue weighted by atomic mass is 16.5. The van der Waals surface area contributed by atoms with Crippen LogP contribution >= 0.6 is 0 Å². The standard InChI is InChI=1S/C16H25NO3/c1-11(2)12(10-17-3)7-14-15(19-5)8-13(18-4)9-16(14)20-6/h7-9,11,17H,10H2,1-6H3. The third kappa shape index (κ3) is 3.90. The lowest BCUT2D eigenvalue weighted by Gasteiger charge is -2.16. The first-order chi connectivity index (χ1) is 9.57. The molecule has 1 N–H and O–H groups in total. The van der Waals surface area contributed by atoms with E-state index in [-0.39, 0.29) is 0 Å². The maximum atomic E-state index is 5.46. The van der Waals surface area contributed by atoms with Crippen LogP contribution in [0, 0.1) is 5.92 Å². The minimum atomic E-state index is 0.443. The smallest absolute Gasteiger partial charge is 0.133 e. The van der Waals surface area contributed by atoms with E-state index in [9.17, 15) is 0 Å². The molecule has 0 atom stereocenters. The lowest BCUT2D eigenvalue weighted by Crippen LogP contribution is -2.14. The third-order valence-electron chi connectivity index (χ3n) is 3.21. The highest BCUT2D eigenvalue weighted by Gasteiger charge is 2.13. The van der Waals surface area contributed by atoms with Crippen LogP contribution in [0.1, 0.15) is 19.4 Å². The Morgan fingerprint density at radius 3 is 2.00 bits per heavy atom. The van der Waals surface area contributed by atoms with Gasteiger partial charge in [0.1, 0.15) is 17.2 Å². The summed E-state index contributed by atoms with van der Waals surface area (Å²) < 4.78 is 16.2. The number of likely N-dealkylation sites (N-methyl/N-ethyl adjacent to an activating group) is 1. The van der Waals surface area contributed by atoms with Crippen molar-refractivity contribution in [1.82, 2.24) is 5.32 Å². The number of methoxy groups -OCH3 is 3. The Kier molecular flexibility index (Phi) is 6.39. The number of hydrogen-bond donors (Lipinski definition) is 1. The Labute approximate surface area is 121 Å². The van der Waals surface area contributed by atoms with Crippen molar-refractivity contribution in [3.05, 3.63) is 23.3 Å². The minimum absolute atomic E-state index is 0.443. The van der Waals surface area contributed by atoms with Gasteiger partial charge in [0, 0.05) is 18.7 Å². The number of hydrogen-bond acceptors (Lipinski definition) is 4. The monoisotopic (exact) mass is 279 g/mol. The van der Waals surface area contributed by atoms with Gasteiger partial charge in [-0.15, -0.1) is 0 Å². The van der Waals surface area contributed by atoms with E-state index in [1.54, 1.807) is 21.3 Å². The second-order valence-corrected chi connectivity index (χ2v) is 4.85. The van der Waals surface area contributed by atoms with Gasteiger partial charge in [-0.1, -0.05) is 19.4 Å². The van der Waals surface area contributed by atoms with E-state index in [4.69, 9.17) is 14.2 Å². The van der Waals surface area contributed by atoms with Crippen LogP contribution < -0.4 is 19.5 Å². The van der Waals surface area contributed by atoms with Crippen molar-refractivity contribution in [2.45, 2.75) is 13.8 Å². The summed E-state index contributed by atoms with van der Waals surface area (Å²) in [6.45, 7) is 5.17. The molecule has 1 aromatic rings. The Balaban J connectivity index is 3.37. The molecule has 0 radical (unpaired) electrons. The van der Waals surface area contributed by atoms with Gasteiger partial charge in [-0.25, -0.2) is 0 Å². The first-order valence-electron chi connectivity index (χ1n) is 6.72. The van der Waals surface area contributed by atoms with E-state index in [0.29, 0.717) is 5.92 Å². The molecule has 1 rings (SSSR count). The van der Waals surface area contributed by atoms with Gasteiger partial charge in [-0.05, 0) is 19.0 Å². The van der Waals surface area contributed by atoms with Crippen LogP contribution in [0.2, 0.25) is 0 Å². The molecule has 0 spiro atoms. The number of ether oxygens (including phenoxy) is 3. The summed E-state index contributed by atoms with van der Waals surface area (Å²) in [7, 11) is 6.88. The lowest BCUT2D eigenvalue weighted by molar-refractivity contribution is 0.374. The molecule has 0 aliphatic carbocycles. The SMILES string of the molecule is CNCC(=Cc1c(OC)cc(OC)cc1OC)C(C)C. The fourth-order valence-electron chi connectivity index (χ4n) is 1.99. The van der Waals surface area contributed by atoms with Gasteiger partial charge in [-0.2, -0.15) is 0 Å². The van der Waals surface area contributed by atoms with Gasteiger partial charge in [0.2, 0.25) is 0 Å². The largest absolute Gasteiger partial charge is 0.496 e. The zero-order valence-corrected chi connectivity index (χ0v) is 13.2. The molecule has 4 nitrogen and oxygen atoms in total. The summed E-state index contributed by atoms with van der Waals surface area (Å²) >= 11 is 0. The normalized spacial score (nSPS) is 11.7. The van der Waals surface area contributed by atoms with E-state index < -0.39 is 0 Å². The predicted octanol–water partition coefficient (Wildman–Crippen LogP) is 2.97. The van der Waals surface area contributed by atoms with Crippen LogP contribution in [0.25, 0.3) is 6.08 Å². The molecular weight excluding hydrogens is 254 g/mol. The third-order valence-corrected chi connectivity index (χ3v) is 3.21. The molecule has 0 amide bonds. The Morgan fingerprint density at radius 1 is 1.10 bits per heavy atom. The maximum Gasteiger partial charge on any atom is 0.133 e. The second-order valence-electron chi connectivity index (χ2n) is 4.85. The molecule has 0 saturated carbocycles. The van der Waals surface area contributed by atoms with Crippen LogP contribution in [-0.2, 0) is 0 Å². The fraction of sp³-hybridized carbons (Fsp3) is 0.500. The zero-order chi connectivity index (χ0) is 15.1. The summed E-state index contributed by atoms with van der Waals surface area (Å²) in [5, 5.41) is 3.19. The summed E-state index contributed by atoms with van der Waals surface area (Å²) in [6.07, 6.45) is 2.12. The van der Waals surface area contributed by atoms with Crippen LogP contribution in [0.4, 0.5) is 0 Å². The van der Waals surface area contributed by atoms with Crippen LogP contribution in [-0.4, -0.2) is 34.9 Å². The van der Waals surface area contributed by atoms with Gasteiger partial charge in [-0.3, -0.25) is 0 Å². The van der Waals surface area contributed by atoms with Gasteiger partial charge in [0.15, 0.2) is 0 Å². The Morgan fingerprint density at radius 2 is 1.65 bits per heavy atom. The molecule has 0 fully saturated rings. The molecule has 0 aliphatic rings. The molecule has 1 aromatic carbocycles. The molecule has 0 heterocycles. The molecule has 20 heavy (non-hydrogen) atoms. The van der Waals surface area contributed by atoms with Gasteiger partial charge >= 0.3 is 0 Å². The molecule has 0 unspecified atom stereocenters. The lowest BCUT2D eigenvalue weighted by atomic mass is 9.99. The van der Waals surface area contributed by atoms with Gasteiger partial charge in [0.25, 0.3) is 0 Å². The summed E-state index contributed by atoms with van der Waals surface area (Å²) in [4.78, 5) is 0. The van der Waals surface area contributed by atoms with Crippen molar-refractivity contribution in [3.63, 3.8) is 0 Å². The van der Waals surface area contributed by atoms with Gasteiger partial charge in [0.05, 0.1) is 26.9 Å². The predicted molar refractivity (Wildman–Crippen MR) is 82.8 cm³/mol. The zero-order valence-electron chi connectivity index (χ0n) is 13.2. The van der Waals surface area contributed by atoms with E-state index >= 15 is 0 Å². The van der Waals surface area contributed by atoms with Crippen molar-refractivity contribution < 1.29 is 14.2 Å². The summed E-state index contributed by atoms with van der Waals surface area (Å²) in [5.74, 6) is 2.65. The summed E-state index contributed by atoms with van der Waals surface area (Å²) in [6, 6.07) is 3.73. The minimum Gasteiger partial charge on any atom is -0.496 e.